The van der Waals surface area contributed by atoms with E-state index in [4.69, 9.17) is 0 Å². The molecule has 0 atom stereocenters. The number of amides is 1. The lowest BCUT2D eigenvalue weighted by molar-refractivity contribution is -0.111. The van der Waals surface area contributed by atoms with Crippen molar-refractivity contribution < 1.29 is 9.59 Å². The lowest BCUT2D eigenvalue weighted by atomic mass is 10.2. The number of benzene rings is 1. The van der Waals surface area contributed by atoms with E-state index in [1.165, 1.54) is 0 Å². The number of rotatable bonds is 3. The third kappa shape index (κ3) is 2.53. The SMILES string of the molecule is C=CC(=O)Nc1ccc(Br)cc1C=O. The van der Waals surface area contributed by atoms with Crippen molar-refractivity contribution >= 4 is 33.8 Å². The first kappa shape index (κ1) is 10.7. The molecule has 1 amide bonds. The van der Waals surface area contributed by atoms with Crippen LogP contribution < -0.4 is 5.32 Å². The Labute approximate surface area is 89.9 Å². The molecule has 1 aromatic carbocycles. The zero-order chi connectivity index (χ0) is 10.6. The smallest absolute Gasteiger partial charge is 0.247 e. The second-order valence-corrected chi connectivity index (χ2v) is 3.46. The van der Waals surface area contributed by atoms with E-state index in [1.54, 1.807) is 18.2 Å². The fraction of sp³-hybridized carbons (Fsp3) is 0. The minimum Gasteiger partial charge on any atom is -0.322 e. The third-order valence-corrected chi connectivity index (χ3v) is 2.08. The minimum absolute atomic E-state index is 0.338. The molecule has 0 unspecified atom stereocenters. The van der Waals surface area contributed by atoms with Gasteiger partial charge in [0.05, 0.1) is 5.69 Å². The second kappa shape index (κ2) is 4.72. The molecule has 72 valence electrons. The van der Waals surface area contributed by atoms with Crippen molar-refractivity contribution in [2.24, 2.45) is 0 Å². The maximum absolute atomic E-state index is 11.0. The first-order valence-electron chi connectivity index (χ1n) is 3.85. The Balaban J connectivity index is 3.01. The molecule has 0 heterocycles. The van der Waals surface area contributed by atoms with Crippen LogP contribution in [0.4, 0.5) is 5.69 Å². The summed E-state index contributed by atoms with van der Waals surface area (Å²) in [4.78, 5) is 21.6. The highest BCUT2D eigenvalue weighted by molar-refractivity contribution is 9.10. The first-order chi connectivity index (χ1) is 6.67. The molecular weight excluding hydrogens is 246 g/mol. The Hall–Kier alpha value is -1.42. The van der Waals surface area contributed by atoms with Crippen LogP contribution in [0, 0.1) is 0 Å². The van der Waals surface area contributed by atoms with E-state index in [-0.39, 0.29) is 5.91 Å². The highest BCUT2D eigenvalue weighted by Crippen LogP contribution is 2.19. The van der Waals surface area contributed by atoms with Gasteiger partial charge in [0.2, 0.25) is 5.91 Å². The summed E-state index contributed by atoms with van der Waals surface area (Å²) in [5, 5.41) is 2.53. The molecule has 0 radical (unpaired) electrons. The summed E-state index contributed by atoms with van der Waals surface area (Å²) in [6.45, 7) is 3.32. The van der Waals surface area contributed by atoms with Gasteiger partial charge in [-0.3, -0.25) is 9.59 Å². The lowest BCUT2D eigenvalue weighted by Gasteiger charge is -2.05. The van der Waals surface area contributed by atoms with Gasteiger partial charge < -0.3 is 5.32 Å². The van der Waals surface area contributed by atoms with Crippen LogP contribution in [0.1, 0.15) is 10.4 Å². The Morgan fingerprint density at radius 2 is 2.21 bits per heavy atom. The number of halogens is 1. The van der Waals surface area contributed by atoms with E-state index in [2.05, 4.69) is 27.8 Å². The van der Waals surface area contributed by atoms with Gasteiger partial charge in [-0.15, -0.1) is 0 Å². The summed E-state index contributed by atoms with van der Waals surface area (Å²) in [5.41, 5.74) is 0.905. The average Bonchev–Trinajstić information content (AvgIpc) is 2.20. The van der Waals surface area contributed by atoms with Crippen molar-refractivity contribution in [3.63, 3.8) is 0 Å². The van der Waals surface area contributed by atoms with E-state index in [0.717, 1.165) is 10.5 Å². The predicted molar refractivity (Wildman–Crippen MR) is 58.4 cm³/mol. The summed E-state index contributed by atoms with van der Waals surface area (Å²) in [7, 11) is 0. The molecule has 0 spiro atoms. The molecule has 0 aromatic heterocycles. The number of anilines is 1. The van der Waals surface area contributed by atoms with Gasteiger partial charge in [0.15, 0.2) is 6.29 Å². The van der Waals surface area contributed by atoms with E-state index in [1.807, 2.05) is 0 Å². The molecule has 0 bridgehead atoms. The standard InChI is InChI=1S/C10H8BrNO2/c1-2-10(14)12-9-4-3-8(11)5-7(9)6-13/h2-6H,1H2,(H,12,14). The topological polar surface area (TPSA) is 46.2 Å². The summed E-state index contributed by atoms with van der Waals surface area (Å²) in [5.74, 6) is -0.338. The Morgan fingerprint density at radius 3 is 2.79 bits per heavy atom. The van der Waals surface area contributed by atoms with Gasteiger partial charge in [-0.2, -0.15) is 0 Å². The van der Waals surface area contributed by atoms with Gasteiger partial charge in [0, 0.05) is 10.0 Å². The van der Waals surface area contributed by atoms with Crippen molar-refractivity contribution in [2.45, 2.75) is 0 Å². The second-order valence-electron chi connectivity index (χ2n) is 2.54. The highest BCUT2D eigenvalue weighted by atomic mass is 79.9. The van der Waals surface area contributed by atoms with Gasteiger partial charge in [0.1, 0.15) is 0 Å². The number of nitrogens with one attached hydrogen (secondary N) is 1. The van der Waals surface area contributed by atoms with Crippen LogP contribution in [0.5, 0.6) is 0 Å². The fourth-order valence-corrected chi connectivity index (χ4v) is 1.31. The monoisotopic (exact) mass is 253 g/mol. The van der Waals surface area contributed by atoms with Crippen molar-refractivity contribution in [3.05, 3.63) is 40.9 Å². The van der Waals surface area contributed by atoms with Crippen LogP contribution in [-0.4, -0.2) is 12.2 Å². The van der Waals surface area contributed by atoms with Crippen LogP contribution in [0.3, 0.4) is 0 Å². The molecule has 0 saturated heterocycles. The zero-order valence-electron chi connectivity index (χ0n) is 7.29. The number of carbonyl (C=O) groups excluding carboxylic acids is 2. The molecule has 1 aromatic rings. The maximum Gasteiger partial charge on any atom is 0.247 e. The van der Waals surface area contributed by atoms with Crippen molar-refractivity contribution in [1.82, 2.24) is 0 Å². The molecule has 1 N–H and O–H groups in total. The molecule has 3 nitrogen and oxygen atoms in total. The van der Waals surface area contributed by atoms with Crippen LogP contribution in [0.25, 0.3) is 0 Å². The van der Waals surface area contributed by atoms with Crippen LogP contribution >= 0.6 is 15.9 Å². The molecular formula is C10H8BrNO2. The molecule has 14 heavy (non-hydrogen) atoms. The fourth-order valence-electron chi connectivity index (χ4n) is 0.929. The van der Waals surface area contributed by atoms with Crippen molar-refractivity contribution in [2.75, 3.05) is 5.32 Å². The number of hydrogen-bond acceptors (Lipinski definition) is 2. The van der Waals surface area contributed by atoms with Gasteiger partial charge in [-0.05, 0) is 24.3 Å². The largest absolute Gasteiger partial charge is 0.322 e. The summed E-state index contributed by atoms with van der Waals surface area (Å²) < 4.78 is 0.788. The number of carbonyl (C=O) groups is 2. The van der Waals surface area contributed by atoms with E-state index in [0.29, 0.717) is 17.5 Å². The maximum atomic E-state index is 11.0. The highest BCUT2D eigenvalue weighted by Gasteiger charge is 2.03. The molecule has 1 rings (SSSR count). The summed E-state index contributed by atoms with van der Waals surface area (Å²) in [6.07, 6.45) is 1.83. The molecule has 0 fully saturated rings. The molecule has 0 aliphatic carbocycles. The average molecular weight is 254 g/mol. The Kier molecular flexibility index (Phi) is 3.59. The van der Waals surface area contributed by atoms with E-state index in [9.17, 15) is 9.59 Å². The normalized spacial score (nSPS) is 9.21. The van der Waals surface area contributed by atoms with E-state index < -0.39 is 0 Å². The van der Waals surface area contributed by atoms with Gasteiger partial charge >= 0.3 is 0 Å². The zero-order valence-corrected chi connectivity index (χ0v) is 8.87. The molecule has 0 aliphatic heterocycles. The first-order valence-corrected chi connectivity index (χ1v) is 4.65. The lowest BCUT2D eigenvalue weighted by Crippen LogP contribution is -2.09. The minimum atomic E-state index is -0.338. The van der Waals surface area contributed by atoms with Crippen LogP contribution in [-0.2, 0) is 4.79 Å². The Morgan fingerprint density at radius 1 is 1.50 bits per heavy atom. The van der Waals surface area contributed by atoms with E-state index >= 15 is 0 Å². The summed E-state index contributed by atoms with van der Waals surface area (Å²) in [6, 6.07) is 5.02. The number of hydrogen-bond donors (Lipinski definition) is 1. The molecule has 0 saturated carbocycles. The van der Waals surface area contributed by atoms with Crippen LogP contribution in [0.2, 0.25) is 0 Å². The number of aldehydes is 1. The van der Waals surface area contributed by atoms with Gasteiger partial charge in [-0.25, -0.2) is 0 Å². The predicted octanol–water partition coefficient (Wildman–Crippen LogP) is 2.39. The third-order valence-electron chi connectivity index (χ3n) is 1.58. The molecule has 4 heteroatoms. The van der Waals surface area contributed by atoms with Gasteiger partial charge in [-0.1, -0.05) is 22.5 Å². The van der Waals surface area contributed by atoms with Crippen LogP contribution in [0.15, 0.2) is 35.3 Å². The van der Waals surface area contributed by atoms with Gasteiger partial charge in [0.25, 0.3) is 0 Å². The van der Waals surface area contributed by atoms with Crippen molar-refractivity contribution in [3.8, 4) is 0 Å². The summed E-state index contributed by atoms with van der Waals surface area (Å²) >= 11 is 3.23. The molecule has 0 aliphatic rings. The Bertz CT molecular complexity index is 388. The quantitative estimate of drug-likeness (QED) is 0.664. The van der Waals surface area contributed by atoms with Crippen molar-refractivity contribution in [1.29, 1.82) is 0 Å².